The van der Waals surface area contributed by atoms with Crippen LogP contribution in [0, 0.1) is 5.92 Å². The second kappa shape index (κ2) is 7.81. The lowest BCUT2D eigenvalue weighted by Crippen LogP contribution is -2.31. The van der Waals surface area contributed by atoms with E-state index in [0.29, 0.717) is 27.6 Å². The fourth-order valence-corrected chi connectivity index (χ4v) is 2.33. The quantitative estimate of drug-likeness (QED) is 0.788. The first-order chi connectivity index (χ1) is 10.4. The lowest BCUT2D eigenvalue weighted by molar-refractivity contribution is 0.627. The second-order valence-electron chi connectivity index (χ2n) is 5.40. The van der Waals surface area contributed by atoms with E-state index >= 15 is 0 Å². The van der Waals surface area contributed by atoms with E-state index in [-0.39, 0.29) is 0 Å². The number of rotatable bonds is 5. The highest BCUT2D eigenvalue weighted by Crippen LogP contribution is 2.23. The molecule has 2 aromatic rings. The van der Waals surface area contributed by atoms with Gasteiger partial charge in [-0.2, -0.15) is 5.10 Å². The predicted octanol–water partition coefficient (Wildman–Crippen LogP) is 4.18. The Hall–Kier alpha value is -1.30. The Bertz CT molecular complexity index is 655. The van der Waals surface area contributed by atoms with Gasteiger partial charge in [-0.25, -0.2) is 0 Å². The van der Waals surface area contributed by atoms with Gasteiger partial charge in [0.25, 0.3) is 0 Å². The largest absolute Gasteiger partial charge is 0.362 e. The lowest BCUT2D eigenvalue weighted by Gasteiger charge is -2.10. The second-order valence-corrected chi connectivity index (χ2v) is 6.63. The van der Waals surface area contributed by atoms with Crippen LogP contribution in [0.4, 0.5) is 5.69 Å². The Balaban J connectivity index is 1.93. The zero-order valence-corrected chi connectivity index (χ0v) is 14.8. The Morgan fingerprint density at radius 3 is 2.77 bits per heavy atom. The first-order valence-electron chi connectivity index (χ1n) is 6.95. The molecule has 0 amide bonds. The maximum absolute atomic E-state index is 6.02. The van der Waals surface area contributed by atoms with E-state index in [4.69, 9.17) is 35.4 Å². The third-order valence-corrected chi connectivity index (χ3v) is 3.88. The third kappa shape index (κ3) is 5.16. The van der Waals surface area contributed by atoms with Gasteiger partial charge in [-0.1, -0.05) is 43.1 Å². The van der Waals surface area contributed by atoms with E-state index < -0.39 is 0 Å². The molecule has 0 radical (unpaired) electrons. The van der Waals surface area contributed by atoms with Gasteiger partial charge in [-0.15, -0.1) is 0 Å². The SMILES string of the molecule is CC(C)CNC(=S)Nc1cnn(Cc2ccc(Cl)c(Cl)c2)c1. The zero-order chi connectivity index (χ0) is 16.1. The van der Waals surface area contributed by atoms with Gasteiger partial charge in [-0.05, 0) is 35.8 Å². The van der Waals surface area contributed by atoms with E-state index in [1.807, 2.05) is 23.0 Å². The first kappa shape index (κ1) is 17.1. The summed E-state index contributed by atoms with van der Waals surface area (Å²) < 4.78 is 1.81. The van der Waals surface area contributed by atoms with E-state index in [1.165, 1.54) is 0 Å². The van der Waals surface area contributed by atoms with Crippen molar-refractivity contribution in [3.05, 3.63) is 46.2 Å². The van der Waals surface area contributed by atoms with Crippen LogP contribution < -0.4 is 10.6 Å². The average molecular weight is 357 g/mol. The molecule has 7 heteroatoms. The van der Waals surface area contributed by atoms with Crippen molar-refractivity contribution in [1.29, 1.82) is 0 Å². The summed E-state index contributed by atoms with van der Waals surface area (Å²) in [6.45, 7) is 5.71. The van der Waals surface area contributed by atoms with Crippen molar-refractivity contribution < 1.29 is 0 Å². The molecule has 1 aromatic carbocycles. The van der Waals surface area contributed by atoms with Gasteiger partial charge in [0.05, 0.1) is 28.5 Å². The van der Waals surface area contributed by atoms with E-state index in [0.717, 1.165) is 17.8 Å². The maximum atomic E-state index is 6.02. The minimum atomic E-state index is 0.539. The molecule has 0 fully saturated rings. The molecule has 0 aliphatic heterocycles. The molecule has 0 atom stereocenters. The Morgan fingerprint density at radius 2 is 2.09 bits per heavy atom. The van der Waals surface area contributed by atoms with Crippen molar-refractivity contribution in [3.8, 4) is 0 Å². The fourth-order valence-electron chi connectivity index (χ4n) is 1.81. The number of hydrogen-bond donors (Lipinski definition) is 2. The maximum Gasteiger partial charge on any atom is 0.170 e. The monoisotopic (exact) mass is 356 g/mol. The highest BCUT2D eigenvalue weighted by atomic mass is 35.5. The third-order valence-electron chi connectivity index (χ3n) is 2.89. The van der Waals surface area contributed by atoms with Crippen LogP contribution in [0.2, 0.25) is 10.0 Å². The van der Waals surface area contributed by atoms with Gasteiger partial charge in [0.1, 0.15) is 0 Å². The highest BCUT2D eigenvalue weighted by molar-refractivity contribution is 7.80. The number of thiocarbonyl (C=S) groups is 1. The van der Waals surface area contributed by atoms with Crippen molar-refractivity contribution in [2.45, 2.75) is 20.4 Å². The summed E-state index contributed by atoms with van der Waals surface area (Å²) in [7, 11) is 0. The Labute approximate surface area is 145 Å². The molecule has 0 saturated carbocycles. The predicted molar refractivity (Wildman–Crippen MR) is 96.9 cm³/mol. The van der Waals surface area contributed by atoms with Crippen molar-refractivity contribution in [2.75, 3.05) is 11.9 Å². The summed E-state index contributed by atoms with van der Waals surface area (Å²) in [5.74, 6) is 0.539. The van der Waals surface area contributed by atoms with E-state index in [2.05, 4.69) is 29.6 Å². The number of benzene rings is 1. The average Bonchev–Trinajstić information content (AvgIpc) is 2.88. The standard InChI is InChI=1S/C15H18Cl2N4S/c1-10(2)6-18-15(22)20-12-7-19-21(9-12)8-11-3-4-13(16)14(17)5-11/h3-5,7,9-10H,6,8H2,1-2H3,(H2,18,20,22). The van der Waals surface area contributed by atoms with Crippen molar-refractivity contribution in [2.24, 2.45) is 5.92 Å². The summed E-state index contributed by atoms with van der Waals surface area (Å²) >= 11 is 17.2. The molecular formula is C15H18Cl2N4S. The molecular weight excluding hydrogens is 339 g/mol. The van der Waals surface area contributed by atoms with E-state index in [1.54, 1.807) is 12.3 Å². The number of anilines is 1. The first-order valence-corrected chi connectivity index (χ1v) is 8.11. The smallest absolute Gasteiger partial charge is 0.170 e. The number of halogens is 2. The van der Waals surface area contributed by atoms with Crippen LogP contribution in [-0.4, -0.2) is 21.4 Å². The number of hydrogen-bond acceptors (Lipinski definition) is 2. The zero-order valence-electron chi connectivity index (χ0n) is 12.4. The summed E-state index contributed by atoms with van der Waals surface area (Å²) in [6.07, 6.45) is 3.63. The molecule has 0 unspecified atom stereocenters. The molecule has 4 nitrogen and oxygen atoms in total. The molecule has 1 aromatic heterocycles. The summed E-state index contributed by atoms with van der Waals surface area (Å²) in [5.41, 5.74) is 1.88. The Morgan fingerprint density at radius 1 is 1.32 bits per heavy atom. The molecule has 0 spiro atoms. The molecule has 2 rings (SSSR count). The van der Waals surface area contributed by atoms with Crippen LogP contribution in [0.25, 0.3) is 0 Å². The van der Waals surface area contributed by atoms with Crippen molar-refractivity contribution >= 4 is 46.2 Å². The van der Waals surface area contributed by atoms with Crippen LogP contribution in [-0.2, 0) is 6.54 Å². The number of aromatic nitrogens is 2. The number of nitrogens with zero attached hydrogens (tertiary/aromatic N) is 2. The summed E-state index contributed by atoms with van der Waals surface area (Å²) in [5, 5.41) is 12.3. The highest BCUT2D eigenvalue weighted by Gasteiger charge is 2.04. The minimum Gasteiger partial charge on any atom is -0.362 e. The molecule has 1 heterocycles. The van der Waals surface area contributed by atoms with Gasteiger partial charge in [0.15, 0.2) is 5.11 Å². The lowest BCUT2D eigenvalue weighted by atomic mass is 10.2. The van der Waals surface area contributed by atoms with Crippen LogP contribution in [0.5, 0.6) is 0 Å². The molecule has 118 valence electrons. The Kier molecular flexibility index (Phi) is 6.06. The van der Waals surface area contributed by atoms with Crippen molar-refractivity contribution in [1.82, 2.24) is 15.1 Å². The van der Waals surface area contributed by atoms with Gasteiger partial charge >= 0.3 is 0 Å². The fraction of sp³-hybridized carbons (Fsp3) is 0.333. The summed E-state index contributed by atoms with van der Waals surface area (Å²) in [4.78, 5) is 0. The topological polar surface area (TPSA) is 41.9 Å². The van der Waals surface area contributed by atoms with Gasteiger partial charge in [0.2, 0.25) is 0 Å². The minimum absolute atomic E-state index is 0.539. The van der Waals surface area contributed by atoms with Gasteiger partial charge < -0.3 is 10.6 Å². The summed E-state index contributed by atoms with van der Waals surface area (Å²) in [6, 6.07) is 5.55. The van der Waals surface area contributed by atoms with Gasteiger partial charge in [0, 0.05) is 12.7 Å². The van der Waals surface area contributed by atoms with Crippen molar-refractivity contribution in [3.63, 3.8) is 0 Å². The van der Waals surface area contributed by atoms with Crippen LogP contribution in [0.1, 0.15) is 19.4 Å². The van der Waals surface area contributed by atoms with Crippen LogP contribution in [0.15, 0.2) is 30.6 Å². The molecule has 0 saturated heterocycles. The number of nitrogens with one attached hydrogen (secondary N) is 2. The normalized spacial score (nSPS) is 10.8. The van der Waals surface area contributed by atoms with Crippen LogP contribution >= 0.6 is 35.4 Å². The molecule has 0 aliphatic rings. The molecule has 22 heavy (non-hydrogen) atoms. The van der Waals surface area contributed by atoms with Gasteiger partial charge in [-0.3, -0.25) is 4.68 Å². The molecule has 2 N–H and O–H groups in total. The molecule has 0 bridgehead atoms. The van der Waals surface area contributed by atoms with Crippen LogP contribution in [0.3, 0.4) is 0 Å². The molecule has 0 aliphatic carbocycles. The van der Waals surface area contributed by atoms with E-state index in [9.17, 15) is 0 Å².